The van der Waals surface area contributed by atoms with Crippen LogP contribution in [0.4, 0.5) is 4.39 Å². The van der Waals surface area contributed by atoms with Gasteiger partial charge in [0.05, 0.1) is 18.1 Å². The molecule has 2 aromatic rings. The standard InChI is InChI=1S/C18H20ClFN2O3S/c19-17-4-2-1-3-16(17)18(22-9-11-25-12-10-22)13-21-26(23,24)15-7-5-14(20)6-8-15/h1-8,18,21H,9-13H2. The second-order valence-corrected chi connectivity index (χ2v) is 8.17. The SMILES string of the molecule is O=S(=O)(NCC(c1ccccc1Cl)N1CCOCC1)c1ccc(F)cc1. The lowest BCUT2D eigenvalue weighted by atomic mass is 10.0. The summed E-state index contributed by atoms with van der Waals surface area (Å²) in [5.74, 6) is -0.480. The average Bonchev–Trinajstić information content (AvgIpc) is 2.64. The number of rotatable bonds is 6. The van der Waals surface area contributed by atoms with Crippen molar-refractivity contribution in [2.24, 2.45) is 0 Å². The number of morpholine rings is 1. The van der Waals surface area contributed by atoms with Crippen molar-refractivity contribution in [2.45, 2.75) is 10.9 Å². The van der Waals surface area contributed by atoms with Crippen molar-refractivity contribution in [2.75, 3.05) is 32.8 Å². The Kier molecular flexibility index (Phi) is 6.26. The van der Waals surface area contributed by atoms with E-state index in [9.17, 15) is 12.8 Å². The third kappa shape index (κ3) is 4.61. The number of nitrogens with one attached hydrogen (secondary N) is 1. The molecule has 0 radical (unpaired) electrons. The van der Waals surface area contributed by atoms with Gasteiger partial charge in [-0.2, -0.15) is 0 Å². The molecule has 8 heteroatoms. The molecule has 26 heavy (non-hydrogen) atoms. The summed E-state index contributed by atoms with van der Waals surface area (Å²) in [5, 5.41) is 0.588. The van der Waals surface area contributed by atoms with Crippen molar-refractivity contribution < 1.29 is 17.5 Å². The number of benzene rings is 2. The first-order valence-electron chi connectivity index (χ1n) is 8.29. The summed E-state index contributed by atoms with van der Waals surface area (Å²) >= 11 is 6.35. The Hall–Kier alpha value is -1.51. The van der Waals surface area contributed by atoms with Crippen LogP contribution in [-0.4, -0.2) is 46.2 Å². The van der Waals surface area contributed by atoms with Crippen molar-refractivity contribution in [1.82, 2.24) is 9.62 Å². The quantitative estimate of drug-likeness (QED) is 0.812. The number of ether oxygens (including phenoxy) is 1. The van der Waals surface area contributed by atoms with Crippen molar-refractivity contribution in [3.63, 3.8) is 0 Å². The predicted octanol–water partition coefficient (Wildman–Crippen LogP) is 2.83. The molecule has 1 atom stereocenters. The molecule has 1 aliphatic rings. The summed E-state index contributed by atoms with van der Waals surface area (Å²) in [6, 6.07) is 11.9. The zero-order valence-electron chi connectivity index (χ0n) is 14.1. The van der Waals surface area contributed by atoms with E-state index in [0.29, 0.717) is 31.3 Å². The van der Waals surface area contributed by atoms with Gasteiger partial charge in [-0.15, -0.1) is 0 Å². The Balaban J connectivity index is 1.81. The summed E-state index contributed by atoms with van der Waals surface area (Å²) in [6.45, 7) is 2.71. The molecule has 0 bridgehead atoms. The van der Waals surface area contributed by atoms with Gasteiger partial charge in [0, 0.05) is 30.7 Å². The Labute approximate surface area is 157 Å². The third-order valence-electron chi connectivity index (χ3n) is 4.34. The van der Waals surface area contributed by atoms with E-state index in [4.69, 9.17) is 16.3 Å². The third-order valence-corrected chi connectivity index (χ3v) is 6.12. The normalized spacial score (nSPS) is 17.2. The molecule has 1 fully saturated rings. The van der Waals surface area contributed by atoms with Crippen LogP contribution in [0.15, 0.2) is 53.4 Å². The number of hydrogen-bond acceptors (Lipinski definition) is 4. The molecule has 0 amide bonds. The predicted molar refractivity (Wildman–Crippen MR) is 98.2 cm³/mol. The lowest BCUT2D eigenvalue weighted by Crippen LogP contribution is -2.43. The molecular weight excluding hydrogens is 379 g/mol. The maximum atomic E-state index is 13.0. The maximum absolute atomic E-state index is 13.0. The number of sulfonamides is 1. The average molecular weight is 399 g/mol. The van der Waals surface area contributed by atoms with Crippen molar-refractivity contribution in [3.05, 3.63) is 64.9 Å². The summed E-state index contributed by atoms with van der Waals surface area (Å²) in [7, 11) is -3.75. The maximum Gasteiger partial charge on any atom is 0.240 e. The van der Waals surface area contributed by atoms with Gasteiger partial charge in [0.1, 0.15) is 5.82 Å². The minimum absolute atomic E-state index is 0.0267. The van der Waals surface area contributed by atoms with Crippen LogP contribution in [0.3, 0.4) is 0 Å². The van der Waals surface area contributed by atoms with Gasteiger partial charge in [-0.1, -0.05) is 29.8 Å². The van der Waals surface area contributed by atoms with E-state index in [1.165, 1.54) is 12.1 Å². The molecule has 0 spiro atoms. The highest BCUT2D eigenvalue weighted by Gasteiger charge is 2.26. The molecule has 5 nitrogen and oxygen atoms in total. The van der Waals surface area contributed by atoms with Gasteiger partial charge in [-0.05, 0) is 35.9 Å². The first-order chi connectivity index (χ1) is 12.5. The molecule has 1 N–H and O–H groups in total. The van der Waals surface area contributed by atoms with E-state index in [-0.39, 0.29) is 17.5 Å². The first-order valence-corrected chi connectivity index (χ1v) is 10.1. The van der Waals surface area contributed by atoms with Gasteiger partial charge in [0.15, 0.2) is 0 Å². The lowest BCUT2D eigenvalue weighted by molar-refractivity contribution is 0.0172. The molecule has 1 unspecified atom stereocenters. The highest BCUT2D eigenvalue weighted by Crippen LogP contribution is 2.28. The Morgan fingerprint density at radius 1 is 1.12 bits per heavy atom. The molecular formula is C18H20ClFN2O3S. The van der Waals surface area contributed by atoms with Crippen LogP contribution in [0.5, 0.6) is 0 Å². The second-order valence-electron chi connectivity index (χ2n) is 5.99. The van der Waals surface area contributed by atoms with Gasteiger partial charge in [0.25, 0.3) is 0 Å². The molecule has 0 saturated carbocycles. The van der Waals surface area contributed by atoms with Crippen molar-refractivity contribution in [3.8, 4) is 0 Å². The van der Waals surface area contributed by atoms with Crippen molar-refractivity contribution >= 4 is 21.6 Å². The molecule has 0 aromatic heterocycles. The number of hydrogen-bond donors (Lipinski definition) is 1. The van der Waals surface area contributed by atoms with E-state index in [0.717, 1.165) is 17.7 Å². The zero-order valence-corrected chi connectivity index (χ0v) is 15.6. The monoisotopic (exact) mass is 398 g/mol. The molecule has 140 valence electrons. The van der Waals surface area contributed by atoms with E-state index < -0.39 is 15.8 Å². The molecule has 1 saturated heterocycles. The van der Waals surface area contributed by atoms with E-state index in [1.807, 2.05) is 18.2 Å². The Morgan fingerprint density at radius 3 is 2.42 bits per heavy atom. The van der Waals surface area contributed by atoms with E-state index in [2.05, 4.69) is 9.62 Å². The van der Waals surface area contributed by atoms with Crippen LogP contribution in [0.25, 0.3) is 0 Å². The fourth-order valence-corrected chi connectivity index (χ4v) is 4.26. The fraction of sp³-hybridized carbons (Fsp3) is 0.333. The van der Waals surface area contributed by atoms with Gasteiger partial charge in [-0.25, -0.2) is 17.5 Å². The second kappa shape index (κ2) is 8.45. The zero-order chi connectivity index (χ0) is 18.6. The first kappa shape index (κ1) is 19.3. The summed E-state index contributed by atoms with van der Waals surface area (Å²) in [4.78, 5) is 2.18. The topological polar surface area (TPSA) is 58.6 Å². The van der Waals surface area contributed by atoms with Crippen molar-refractivity contribution in [1.29, 1.82) is 0 Å². The summed E-state index contributed by atoms with van der Waals surface area (Å²) in [5.41, 5.74) is 0.859. The van der Waals surface area contributed by atoms with Crippen LogP contribution in [0.2, 0.25) is 5.02 Å². The fourth-order valence-electron chi connectivity index (χ4n) is 2.96. The number of nitrogens with zero attached hydrogens (tertiary/aromatic N) is 1. The van der Waals surface area contributed by atoms with Crippen LogP contribution in [0.1, 0.15) is 11.6 Å². The van der Waals surface area contributed by atoms with Crippen LogP contribution >= 0.6 is 11.6 Å². The van der Waals surface area contributed by atoms with E-state index >= 15 is 0 Å². The van der Waals surface area contributed by atoms with E-state index in [1.54, 1.807) is 6.07 Å². The smallest absolute Gasteiger partial charge is 0.240 e. The summed E-state index contributed by atoms with van der Waals surface area (Å²) < 4.78 is 46.1. The Morgan fingerprint density at radius 2 is 1.77 bits per heavy atom. The minimum atomic E-state index is -3.75. The van der Waals surface area contributed by atoms with Gasteiger partial charge in [0.2, 0.25) is 10.0 Å². The largest absolute Gasteiger partial charge is 0.379 e. The molecule has 2 aromatic carbocycles. The highest BCUT2D eigenvalue weighted by atomic mass is 35.5. The van der Waals surface area contributed by atoms with Crippen LogP contribution in [0, 0.1) is 5.82 Å². The van der Waals surface area contributed by atoms with Gasteiger partial charge in [-0.3, -0.25) is 4.90 Å². The molecule has 1 heterocycles. The van der Waals surface area contributed by atoms with Crippen LogP contribution in [-0.2, 0) is 14.8 Å². The Bertz CT molecular complexity index is 840. The van der Waals surface area contributed by atoms with Crippen LogP contribution < -0.4 is 4.72 Å². The minimum Gasteiger partial charge on any atom is -0.379 e. The highest BCUT2D eigenvalue weighted by molar-refractivity contribution is 7.89. The van der Waals surface area contributed by atoms with Gasteiger partial charge >= 0.3 is 0 Å². The summed E-state index contributed by atoms with van der Waals surface area (Å²) in [6.07, 6.45) is 0. The number of halogens is 2. The molecule has 1 aliphatic heterocycles. The lowest BCUT2D eigenvalue weighted by Gasteiger charge is -2.35. The molecule has 0 aliphatic carbocycles. The van der Waals surface area contributed by atoms with Gasteiger partial charge < -0.3 is 4.74 Å². The molecule has 3 rings (SSSR count).